The number of anilines is 1. The lowest BCUT2D eigenvalue weighted by Gasteiger charge is -2.47. The molecular weight excluding hydrogens is 711 g/mol. The van der Waals surface area contributed by atoms with E-state index in [1.807, 2.05) is 0 Å². The summed E-state index contributed by atoms with van der Waals surface area (Å²) in [7, 11) is 0. The Kier molecular flexibility index (Phi) is 7.64. The zero-order chi connectivity index (χ0) is 39.3. The van der Waals surface area contributed by atoms with Gasteiger partial charge in [-0.1, -0.05) is 172 Å². The highest BCUT2D eigenvalue weighted by Gasteiger charge is 2.52. The maximum atomic E-state index is 2.61. The van der Waals surface area contributed by atoms with Crippen molar-refractivity contribution in [2.45, 2.75) is 62.7 Å². The predicted octanol–water partition coefficient (Wildman–Crippen LogP) is 14.6. The van der Waals surface area contributed by atoms with Crippen LogP contribution >= 0.6 is 0 Å². The minimum atomic E-state index is -0.280. The molecule has 2 atom stereocenters. The first kappa shape index (κ1) is 34.6. The molecule has 1 heterocycles. The molecule has 6 aromatic rings. The quantitative estimate of drug-likeness (QED) is 0.173. The Morgan fingerprint density at radius 3 is 2.07 bits per heavy atom. The van der Waals surface area contributed by atoms with Crippen LogP contribution in [0.3, 0.4) is 0 Å². The summed E-state index contributed by atoms with van der Waals surface area (Å²) in [5.41, 5.74) is 24.6. The fourth-order valence-corrected chi connectivity index (χ4v) is 11.6. The Bertz CT molecular complexity index is 2930. The highest BCUT2D eigenvalue weighted by atomic mass is 15.2. The van der Waals surface area contributed by atoms with Gasteiger partial charge in [-0.05, 0) is 140 Å². The minimum Gasteiger partial charge on any atom is -0.314 e. The van der Waals surface area contributed by atoms with Crippen molar-refractivity contribution >= 4 is 16.8 Å². The molecule has 0 saturated carbocycles. The molecule has 1 nitrogen and oxygen atoms in total. The third-order valence-corrected chi connectivity index (χ3v) is 14.4. The number of fused-ring (bicyclic) bond motifs is 11. The molecule has 59 heavy (non-hydrogen) atoms. The van der Waals surface area contributed by atoms with Crippen LogP contribution in [0.1, 0.15) is 90.8 Å². The van der Waals surface area contributed by atoms with E-state index >= 15 is 0 Å². The summed E-state index contributed by atoms with van der Waals surface area (Å²) in [5.74, 6) is 0.360. The Labute approximate surface area is 348 Å². The SMILES string of the molecule is CC1(C)C2=CC(c3ccccc3)CC=C2N(C2=CC=C(c3ccc4c(c3)C3(C5=C(CCC=C5)c5ccccc53)c3ccccc3-4)CC2)c2ccc(-c3ccccc3)cc21. The lowest BCUT2D eigenvalue weighted by molar-refractivity contribution is 0.590. The molecule has 0 radical (unpaired) electrons. The van der Waals surface area contributed by atoms with Crippen LogP contribution < -0.4 is 4.90 Å². The normalized spacial score (nSPS) is 21.7. The molecule has 6 aliphatic rings. The Hall–Kier alpha value is -6.44. The Morgan fingerprint density at radius 1 is 0.576 bits per heavy atom. The molecule has 0 bridgehead atoms. The van der Waals surface area contributed by atoms with Crippen LogP contribution in [0.4, 0.5) is 5.69 Å². The smallest absolute Gasteiger partial charge is 0.0722 e. The number of benzene rings is 6. The topological polar surface area (TPSA) is 3.24 Å². The molecule has 2 unspecified atom stereocenters. The zero-order valence-electron chi connectivity index (χ0n) is 33.9. The van der Waals surface area contributed by atoms with E-state index in [-0.39, 0.29) is 10.8 Å². The monoisotopic (exact) mass is 757 g/mol. The molecule has 0 aromatic heterocycles. The molecule has 1 spiro atoms. The van der Waals surface area contributed by atoms with E-state index in [4.69, 9.17) is 0 Å². The molecule has 1 aliphatic heterocycles. The van der Waals surface area contributed by atoms with Gasteiger partial charge in [-0.3, -0.25) is 0 Å². The maximum Gasteiger partial charge on any atom is 0.0722 e. The molecule has 284 valence electrons. The summed E-state index contributed by atoms with van der Waals surface area (Å²) in [6, 6.07) is 54.9. The van der Waals surface area contributed by atoms with Crippen molar-refractivity contribution in [1.29, 1.82) is 0 Å². The highest BCUT2D eigenvalue weighted by molar-refractivity contribution is 5.96. The molecule has 1 heteroatoms. The summed E-state index contributed by atoms with van der Waals surface area (Å²) in [6.07, 6.45) is 20.0. The maximum absolute atomic E-state index is 2.61. The summed E-state index contributed by atoms with van der Waals surface area (Å²) < 4.78 is 0. The van der Waals surface area contributed by atoms with E-state index < -0.39 is 0 Å². The Balaban J connectivity index is 0.977. The summed E-state index contributed by atoms with van der Waals surface area (Å²) in [6.45, 7) is 4.87. The molecule has 0 amide bonds. The number of rotatable bonds is 4. The third kappa shape index (κ3) is 4.97. The van der Waals surface area contributed by atoms with Crippen LogP contribution in [0.2, 0.25) is 0 Å². The third-order valence-electron chi connectivity index (χ3n) is 14.4. The second-order valence-corrected chi connectivity index (χ2v) is 17.8. The van der Waals surface area contributed by atoms with Gasteiger partial charge in [0.05, 0.1) is 5.41 Å². The lowest BCUT2D eigenvalue weighted by Crippen LogP contribution is -2.39. The van der Waals surface area contributed by atoms with Gasteiger partial charge < -0.3 is 4.90 Å². The van der Waals surface area contributed by atoms with Crippen LogP contribution in [0, 0.1) is 0 Å². The first-order valence-electron chi connectivity index (χ1n) is 21.6. The van der Waals surface area contributed by atoms with Crippen molar-refractivity contribution in [3.8, 4) is 22.3 Å². The van der Waals surface area contributed by atoms with Crippen LogP contribution in [0.25, 0.3) is 33.4 Å². The second-order valence-electron chi connectivity index (χ2n) is 17.8. The molecule has 0 N–H and O–H groups in total. The van der Waals surface area contributed by atoms with Gasteiger partial charge in [0.25, 0.3) is 0 Å². The van der Waals surface area contributed by atoms with Gasteiger partial charge in [-0.25, -0.2) is 0 Å². The largest absolute Gasteiger partial charge is 0.314 e. The van der Waals surface area contributed by atoms with Crippen LogP contribution in [0.15, 0.2) is 205 Å². The van der Waals surface area contributed by atoms with E-state index in [1.54, 1.807) is 0 Å². The molecule has 5 aliphatic carbocycles. The molecular formula is C58H47N. The van der Waals surface area contributed by atoms with Gasteiger partial charge in [0, 0.05) is 28.4 Å². The van der Waals surface area contributed by atoms with Crippen molar-refractivity contribution in [1.82, 2.24) is 0 Å². The van der Waals surface area contributed by atoms with Crippen LogP contribution in [0.5, 0.6) is 0 Å². The van der Waals surface area contributed by atoms with Gasteiger partial charge in [0.15, 0.2) is 0 Å². The van der Waals surface area contributed by atoms with Crippen molar-refractivity contribution < 1.29 is 0 Å². The van der Waals surface area contributed by atoms with E-state index in [0.29, 0.717) is 5.92 Å². The molecule has 12 rings (SSSR count). The van der Waals surface area contributed by atoms with Crippen LogP contribution in [-0.2, 0) is 10.8 Å². The summed E-state index contributed by atoms with van der Waals surface area (Å²) in [5, 5.41) is 0. The summed E-state index contributed by atoms with van der Waals surface area (Å²) >= 11 is 0. The zero-order valence-corrected chi connectivity index (χ0v) is 33.9. The predicted molar refractivity (Wildman–Crippen MR) is 246 cm³/mol. The van der Waals surface area contributed by atoms with Crippen LogP contribution in [-0.4, -0.2) is 0 Å². The van der Waals surface area contributed by atoms with E-state index in [1.165, 1.54) is 101 Å². The first-order chi connectivity index (χ1) is 29.0. The Morgan fingerprint density at radius 2 is 1.27 bits per heavy atom. The van der Waals surface area contributed by atoms with Crippen molar-refractivity contribution in [2.75, 3.05) is 4.90 Å². The fraction of sp³-hybridized carbons (Fsp3) is 0.172. The van der Waals surface area contributed by atoms with Gasteiger partial charge in [0.2, 0.25) is 0 Å². The van der Waals surface area contributed by atoms with Gasteiger partial charge in [0.1, 0.15) is 0 Å². The van der Waals surface area contributed by atoms with E-state index in [9.17, 15) is 0 Å². The van der Waals surface area contributed by atoms with E-state index in [2.05, 4.69) is 201 Å². The number of hydrogen-bond donors (Lipinski definition) is 0. The van der Waals surface area contributed by atoms with Crippen molar-refractivity contribution in [3.63, 3.8) is 0 Å². The standard InChI is InChI=1S/C58H47N/c1-57(2)53-36-42(38-15-5-3-6-16-38)28-33-55(53)59(56-34-29-43(37-54(56)57)39-17-7-4-8-18-39)44-30-25-40(26-31-44)41-27-32-48-47-21-11-14-24-51(47)58(52(48)35-41)49-22-12-9-19-45(49)46-20-10-13-23-50(46)58/h3-9,11-19,21-25,27-28,30,32-37,43H,10,20,26,29,31H2,1-2H3. The number of nitrogens with zero attached hydrogens (tertiary/aromatic N) is 1. The average Bonchev–Trinajstić information content (AvgIpc) is 3.77. The number of hydrogen-bond acceptors (Lipinski definition) is 1. The average molecular weight is 758 g/mol. The minimum absolute atomic E-state index is 0.161. The first-order valence-corrected chi connectivity index (χ1v) is 21.6. The fourth-order valence-electron chi connectivity index (χ4n) is 11.6. The van der Waals surface area contributed by atoms with E-state index in [0.717, 1.165) is 32.1 Å². The van der Waals surface area contributed by atoms with Crippen molar-refractivity contribution in [2.24, 2.45) is 0 Å². The number of allylic oxidation sites excluding steroid dienone is 11. The van der Waals surface area contributed by atoms with Gasteiger partial charge in [-0.15, -0.1) is 0 Å². The molecule has 6 aromatic carbocycles. The van der Waals surface area contributed by atoms with Gasteiger partial charge >= 0.3 is 0 Å². The highest BCUT2D eigenvalue weighted by Crippen LogP contribution is 2.63. The molecule has 0 saturated heterocycles. The van der Waals surface area contributed by atoms with Crippen molar-refractivity contribution in [3.05, 3.63) is 244 Å². The molecule has 0 fully saturated rings. The second kappa shape index (κ2) is 13.0. The lowest BCUT2D eigenvalue weighted by atomic mass is 9.68. The summed E-state index contributed by atoms with van der Waals surface area (Å²) in [4.78, 5) is 2.61. The van der Waals surface area contributed by atoms with Gasteiger partial charge in [-0.2, -0.15) is 0 Å².